The Balaban J connectivity index is 1.57. The molecule has 1 aliphatic heterocycles. The van der Waals surface area contributed by atoms with Crippen LogP contribution in [0, 0.1) is 0 Å². The van der Waals surface area contributed by atoms with Gasteiger partial charge in [0.25, 0.3) is 0 Å². The zero-order valence-electron chi connectivity index (χ0n) is 16.5. The number of sulfone groups is 1. The largest absolute Gasteiger partial charge is 0.490 e. The van der Waals surface area contributed by atoms with Crippen LogP contribution in [0.15, 0.2) is 58.3 Å². The van der Waals surface area contributed by atoms with E-state index in [9.17, 15) is 16.8 Å². The van der Waals surface area contributed by atoms with Crippen molar-refractivity contribution in [2.45, 2.75) is 35.3 Å². The zero-order valence-corrected chi connectivity index (χ0v) is 18.2. The van der Waals surface area contributed by atoms with Gasteiger partial charge < -0.3 is 9.64 Å². The minimum absolute atomic E-state index is 0.0205. The summed E-state index contributed by atoms with van der Waals surface area (Å²) in [5.74, 6) is 0.780. The molecule has 1 aliphatic rings. The lowest BCUT2D eigenvalue weighted by atomic mass is 10.1. The summed E-state index contributed by atoms with van der Waals surface area (Å²) >= 11 is 0. The Labute approximate surface area is 172 Å². The average Bonchev–Trinajstić information content (AvgIpc) is 2.69. The van der Waals surface area contributed by atoms with E-state index in [-0.39, 0.29) is 22.4 Å². The Hall–Kier alpha value is -1.94. The maximum absolute atomic E-state index is 12.4. The molecule has 29 heavy (non-hydrogen) atoms. The van der Waals surface area contributed by atoms with Crippen LogP contribution in [0.25, 0.3) is 0 Å². The van der Waals surface area contributed by atoms with E-state index < -0.39 is 19.9 Å². The Morgan fingerprint density at radius 1 is 0.931 bits per heavy atom. The Morgan fingerprint density at radius 2 is 1.48 bits per heavy atom. The summed E-state index contributed by atoms with van der Waals surface area (Å²) in [7, 11) is -5.00. The van der Waals surface area contributed by atoms with E-state index in [1.165, 1.54) is 24.3 Å². The molecule has 7 nitrogen and oxygen atoms in total. The quantitative estimate of drug-likeness (QED) is 0.711. The van der Waals surface area contributed by atoms with Crippen molar-refractivity contribution in [2.24, 2.45) is 0 Å². The average molecular weight is 439 g/mol. The van der Waals surface area contributed by atoms with E-state index in [2.05, 4.69) is 16.7 Å². The zero-order chi connectivity index (χ0) is 21.1. The van der Waals surface area contributed by atoms with Crippen molar-refractivity contribution in [3.05, 3.63) is 54.1 Å². The second-order valence-electron chi connectivity index (χ2n) is 7.33. The van der Waals surface area contributed by atoms with Gasteiger partial charge in [0.1, 0.15) is 11.9 Å². The summed E-state index contributed by atoms with van der Waals surface area (Å²) in [5.41, 5.74) is 0.803. The topological polar surface area (TPSA) is 92.8 Å². The Kier molecular flexibility index (Phi) is 6.62. The number of likely N-dealkylation sites (tertiary alicyclic amines) is 1. The fourth-order valence-corrected chi connectivity index (χ4v) is 4.76. The number of benzene rings is 2. The van der Waals surface area contributed by atoms with Crippen LogP contribution in [0.1, 0.15) is 18.4 Å². The van der Waals surface area contributed by atoms with Gasteiger partial charge in [0.15, 0.2) is 9.84 Å². The third-order valence-corrected chi connectivity index (χ3v) is 7.47. The van der Waals surface area contributed by atoms with E-state index in [0.29, 0.717) is 0 Å². The predicted molar refractivity (Wildman–Crippen MR) is 111 cm³/mol. The molecule has 0 atom stereocenters. The maximum Gasteiger partial charge on any atom is 0.240 e. The number of piperidine rings is 1. The Morgan fingerprint density at radius 3 is 2.03 bits per heavy atom. The summed E-state index contributed by atoms with van der Waals surface area (Å²) in [4.78, 5) is 2.38. The van der Waals surface area contributed by atoms with Crippen molar-refractivity contribution in [3.8, 4) is 5.75 Å². The van der Waals surface area contributed by atoms with Crippen LogP contribution in [-0.4, -0.2) is 54.2 Å². The summed E-state index contributed by atoms with van der Waals surface area (Å²) in [6.45, 7) is 2.18. The highest BCUT2D eigenvalue weighted by molar-refractivity contribution is 7.90. The van der Waals surface area contributed by atoms with Crippen LogP contribution < -0.4 is 9.46 Å². The van der Waals surface area contributed by atoms with Crippen LogP contribution in [0.3, 0.4) is 0 Å². The molecule has 2 aromatic carbocycles. The molecule has 2 aromatic rings. The Bertz CT molecular complexity index is 1030. The lowest BCUT2D eigenvalue weighted by molar-refractivity contribution is 0.114. The van der Waals surface area contributed by atoms with Crippen molar-refractivity contribution in [1.82, 2.24) is 9.62 Å². The molecule has 1 fully saturated rings. The van der Waals surface area contributed by atoms with Crippen molar-refractivity contribution in [3.63, 3.8) is 0 Å². The first-order valence-corrected chi connectivity index (χ1v) is 12.7. The third kappa shape index (κ3) is 6.02. The van der Waals surface area contributed by atoms with Crippen molar-refractivity contribution >= 4 is 19.9 Å². The molecule has 0 unspecified atom stereocenters. The van der Waals surface area contributed by atoms with Crippen molar-refractivity contribution in [1.29, 1.82) is 0 Å². The highest BCUT2D eigenvalue weighted by Crippen LogP contribution is 2.20. The molecule has 1 N–H and O–H groups in total. The van der Waals surface area contributed by atoms with Crippen LogP contribution >= 0.6 is 0 Å². The monoisotopic (exact) mass is 438 g/mol. The normalized spacial score (nSPS) is 16.6. The van der Waals surface area contributed by atoms with Gasteiger partial charge >= 0.3 is 0 Å². The summed E-state index contributed by atoms with van der Waals surface area (Å²) in [6.07, 6.45) is 3.28. The lowest BCUT2D eigenvalue weighted by Crippen LogP contribution is -2.35. The summed E-state index contributed by atoms with van der Waals surface area (Å²) in [6, 6.07) is 12.5. The molecule has 0 spiro atoms. The van der Waals surface area contributed by atoms with Crippen molar-refractivity contribution < 1.29 is 21.6 Å². The van der Waals surface area contributed by atoms with Gasteiger partial charge in [0.05, 0.1) is 9.79 Å². The number of hydrogen-bond donors (Lipinski definition) is 1. The number of rotatable bonds is 7. The lowest BCUT2D eigenvalue weighted by Gasteiger charge is -2.29. The number of nitrogens with one attached hydrogen (secondary N) is 1. The van der Waals surface area contributed by atoms with Gasteiger partial charge in [-0.05, 0) is 61.9 Å². The first-order valence-electron chi connectivity index (χ1n) is 9.37. The highest BCUT2D eigenvalue weighted by Gasteiger charge is 2.18. The van der Waals surface area contributed by atoms with Gasteiger partial charge in [-0.1, -0.05) is 12.1 Å². The molecule has 1 heterocycles. The molecule has 1 saturated heterocycles. The molecule has 3 rings (SSSR count). The summed E-state index contributed by atoms with van der Waals surface area (Å²) < 4.78 is 56.4. The van der Waals surface area contributed by atoms with Gasteiger partial charge in [0, 0.05) is 25.9 Å². The van der Waals surface area contributed by atoms with Crippen LogP contribution in [0.4, 0.5) is 0 Å². The van der Waals surface area contributed by atoms with Gasteiger partial charge in [-0.15, -0.1) is 0 Å². The second-order valence-corrected chi connectivity index (χ2v) is 11.1. The third-order valence-electron chi connectivity index (χ3n) is 4.92. The smallest absolute Gasteiger partial charge is 0.240 e. The molecular formula is C20H26N2O5S2. The number of nitrogens with zero attached hydrogens (tertiary/aromatic N) is 1. The van der Waals surface area contributed by atoms with E-state index in [4.69, 9.17) is 4.74 Å². The number of hydrogen-bond acceptors (Lipinski definition) is 6. The predicted octanol–water partition coefficient (Wildman–Crippen LogP) is 2.04. The SMILES string of the molecule is CN1CCC(Oc2ccc(CNS(=O)(=O)c3ccc(S(C)(=O)=O)cc3)cc2)CC1. The standard InChI is InChI=1S/C20H26N2O5S2/c1-22-13-11-18(12-14-22)27-17-5-3-16(4-6-17)15-21-29(25,26)20-9-7-19(8-10-20)28(2,23)24/h3-10,18,21H,11-15H2,1-2H3. The molecule has 0 saturated carbocycles. The van der Waals surface area contributed by atoms with Gasteiger partial charge in [-0.2, -0.15) is 0 Å². The van der Waals surface area contributed by atoms with E-state index >= 15 is 0 Å². The molecule has 9 heteroatoms. The molecule has 0 amide bonds. The molecule has 0 aliphatic carbocycles. The molecule has 0 bridgehead atoms. The van der Waals surface area contributed by atoms with Crippen LogP contribution in [0.5, 0.6) is 5.75 Å². The van der Waals surface area contributed by atoms with E-state index in [0.717, 1.165) is 43.5 Å². The van der Waals surface area contributed by atoms with Crippen molar-refractivity contribution in [2.75, 3.05) is 26.4 Å². The van der Waals surface area contributed by atoms with Gasteiger partial charge in [0.2, 0.25) is 10.0 Å². The number of sulfonamides is 1. The highest BCUT2D eigenvalue weighted by atomic mass is 32.2. The van der Waals surface area contributed by atoms with E-state index in [1.807, 2.05) is 24.3 Å². The molecule has 158 valence electrons. The molecular weight excluding hydrogens is 412 g/mol. The number of ether oxygens (including phenoxy) is 1. The second kappa shape index (κ2) is 8.83. The first kappa shape index (κ1) is 21.8. The van der Waals surface area contributed by atoms with E-state index in [1.54, 1.807) is 0 Å². The molecule has 0 aromatic heterocycles. The van der Waals surface area contributed by atoms with Gasteiger partial charge in [-0.25, -0.2) is 21.6 Å². The van der Waals surface area contributed by atoms with Gasteiger partial charge in [-0.3, -0.25) is 0 Å². The fraction of sp³-hybridized carbons (Fsp3) is 0.400. The first-order chi connectivity index (χ1) is 13.6. The minimum atomic E-state index is -3.74. The van der Waals surface area contributed by atoms with Crippen LogP contribution in [-0.2, 0) is 26.4 Å². The van der Waals surface area contributed by atoms with Crippen LogP contribution in [0.2, 0.25) is 0 Å². The molecule has 0 radical (unpaired) electrons. The minimum Gasteiger partial charge on any atom is -0.490 e. The fourth-order valence-electron chi connectivity index (χ4n) is 3.11. The maximum atomic E-state index is 12.4. The summed E-state index contributed by atoms with van der Waals surface area (Å²) in [5, 5.41) is 0.